The summed E-state index contributed by atoms with van der Waals surface area (Å²) >= 11 is 0. The Morgan fingerprint density at radius 2 is 2.00 bits per heavy atom. The van der Waals surface area contributed by atoms with Crippen molar-refractivity contribution >= 4 is 5.96 Å². The molecule has 0 saturated carbocycles. The smallest absolute Gasteiger partial charge is 0.191 e. The molecule has 1 heterocycles. The van der Waals surface area contributed by atoms with Crippen LogP contribution in [0.1, 0.15) is 36.6 Å². The molecule has 118 valence electrons. The van der Waals surface area contributed by atoms with Crippen molar-refractivity contribution in [2.75, 3.05) is 13.1 Å². The van der Waals surface area contributed by atoms with E-state index < -0.39 is 0 Å². The summed E-state index contributed by atoms with van der Waals surface area (Å²) in [5.74, 6) is 1.26. The van der Waals surface area contributed by atoms with Gasteiger partial charge in [0.1, 0.15) is 0 Å². The highest BCUT2D eigenvalue weighted by molar-refractivity contribution is 5.79. The highest BCUT2D eigenvalue weighted by atomic mass is 15.2. The van der Waals surface area contributed by atoms with Gasteiger partial charge in [0.2, 0.25) is 0 Å². The predicted molar refractivity (Wildman–Crippen MR) is 91.0 cm³/mol. The van der Waals surface area contributed by atoms with Gasteiger partial charge in [0.15, 0.2) is 5.96 Å². The van der Waals surface area contributed by atoms with Gasteiger partial charge in [0, 0.05) is 19.3 Å². The van der Waals surface area contributed by atoms with Crippen LogP contribution >= 0.6 is 0 Å². The maximum atomic E-state index is 4.56. The summed E-state index contributed by atoms with van der Waals surface area (Å²) in [6, 6.07) is 10.6. The van der Waals surface area contributed by atoms with E-state index in [0.717, 1.165) is 24.7 Å². The second-order valence-corrected chi connectivity index (χ2v) is 5.47. The van der Waals surface area contributed by atoms with Crippen LogP contribution in [0.2, 0.25) is 0 Å². The number of hydrogen-bond donors (Lipinski definition) is 3. The van der Waals surface area contributed by atoms with Crippen molar-refractivity contribution in [3.63, 3.8) is 0 Å². The molecule has 3 N–H and O–H groups in total. The van der Waals surface area contributed by atoms with Gasteiger partial charge in [-0.15, -0.1) is 0 Å². The number of H-pyrrole nitrogens is 1. The van der Waals surface area contributed by atoms with Crippen LogP contribution in [0.3, 0.4) is 0 Å². The lowest BCUT2D eigenvalue weighted by Crippen LogP contribution is -2.39. The molecule has 0 radical (unpaired) electrons. The maximum absolute atomic E-state index is 4.56. The van der Waals surface area contributed by atoms with Crippen LogP contribution in [0.4, 0.5) is 0 Å². The monoisotopic (exact) mass is 299 g/mol. The van der Waals surface area contributed by atoms with Crippen molar-refractivity contribution in [2.45, 2.75) is 33.2 Å². The number of benzene rings is 1. The molecule has 0 aliphatic rings. The molecule has 1 aromatic heterocycles. The van der Waals surface area contributed by atoms with Gasteiger partial charge in [-0.1, -0.05) is 36.8 Å². The van der Waals surface area contributed by atoms with E-state index >= 15 is 0 Å². The van der Waals surface area contributed by atoms with E-state index in [1.54, 1.807) is 6.20 Å². The first kappa shape index (κ1) is 16.1. The summed E-state index contributed by atoms with van der Waals surface area (Å²) < 4.78 is 0. The average Bonchev–Trinajstić information content (AvgIpc) is 3.04. The molecule has 0 aliphatic heterocycles. The number of aromatic nitrogens is 2. The normalized spacial score (nSPS) is 13.0. The van der Waals surface area contributed by atoms with Crippen LogP contribution in [-0.2, 0) is 6.54 Å². The number of nitrogens with zero attached hydrogens (tertiary/aromatic N) is 2. The number of guanidine groups is 1. The Morgan fingerprint density at radius 3 is 2.64 bits per heavy atom. The van der Waals surface area contributed by atoms with E-state index in [9.17, 15) is 0 Å². The summed E-state index contributed by atoms with van der Waals surface area (Å²) in [4.78, 5) is 4.56. The van der Waals surface area contributed by atoms with E-state index in [-0.39, 0.29) is 0 Å². The van der Waals surface area contributed by atoms with Crippen LogP contribution < -0.4 is 10.6 Å². The molecule has 5 nitrogen and oxygen atoms in total. The van der Waals surface area contributed by atoms with Gasteiger partial charge in [-0.2, -0.15) is 5.10 Å². The SMILES string of the molecule is CCNC(=NCc1ccn[nH]1)NCC(C)c1ccc(C)cc1. The van der Waals surface area contributed by atoms with Crippen molar-refractivity contribution in [1.82, 2.24) is 20.8 Å². The molecular formula is C17H25N5. The largest absolute Gasteiger partial charge is 0.357 e. The van der Waals surface area contributed by atoms with E-state index in [1.165, 1.54) is 11.1 Å². The van der Waals surface area contributed by atoms with E-state index in [4.69, 9.17) is 0 Å². The molecule has 2 rings (SSSR count). The van der Waals surface area contributed by atoms with E-state index in [0.29, 0.717) is 12.5 Å². The first-order chi connectivity index (χ1) is 10.7. The lowest BCUT2D eigenvalue weighted by atomic mass is 10.0. The molecule has 0 spiro atoms. The molecule has 0 aliphatic carbocycles. The highest BCUT2D eigenvalue weighted by Gasteiger charge is 2.06. The van der Waals surface area contributed by atoms with Crippen molar-refractivity contribution in [3.05, 3.63) is 53.3 Å². The number of aromatic amines is 1. The molecule has 2 aromatic rings. The molecule has 0 bridgehead atoms. The number of rotatable bonds is 6. The van der Waals surface area contributed by atoms with Crippen LogP contribution in [0, 0.1) is 6.92 Å². The molecular weight excluding hydrogens is 274 g/mol. The summed E-state index contributed by atoms with van der Waals surface area (Å²) in [5.41, 5.74) is 3.63. The third-order valence-electron chi connectivity index (χ3n) is 3.53. The van der Waals surface area contributed by atoms with Crippen molar-refractivity contribution < 1.29 is 0 Å². The third kappa shape index (κ3) is 4.91. The Morgan fingerprint density at radius 1 is 1.23 bits per heavy atom. The summed E-state index contributed by atoms with van der Waals surface area (Å²) in [6.45, 7) is 8.67. The third-order valence-corrected chi connectivity index (χ3v) is 3.53. The first-order valence-electron chi connectivity index (χ1n) is 7.76. The summed E-state index contributed by atoms with van der Waals surface area (Å²) in [7, 11) is 0. The quantitative estimate of drug-likeness (QED) is 0.567. The first-order valence-corrected chi connectivity index (χ1v) is 7.76. The lowest BCUT2D eigenvalue weighted by Gasteiger charge is -2.16. The Labute approximate surface area is 132 Å². The molecule has 0 fully saturated rings. The molecule has 0 amide bonds. The molecule has 1 unspecified atom stereocenters. The number of hydrogen-bond acceptors (Lipinski definition) is 2. The van der Waals surface area contributed by atoms with Crippen molar-refractivity contribution in [3.8, 4) is 0 Å². The summed E-state index contributed by atoms with van der Waals surface area (Å²) in [5, 5.41) is 13.5. The summed E-state index contributed by atoms with van der Waals surface area (Å²) in [6.07, 6.45) is 1.74. The topological polar surface area (TPSA) is 65.1 Å². The predicted octanol–water partition coefficient (Wildman–Crippen LogP) is 2.58. The highest BCUT2D eigenvalue weighted by Crippen LogP contribution is 2.14. The van der Waals surface area contributed by atoms with Crippen molar-refractivity contribution in [1.29, 1.82) is 0 Å². The van der Waals surface area contributed by atoms with Gasteiger partial charge < -0.3 is 10.6 Å². The molecule has 5 heteroatoms. The zero-order chi connectivity index (χ0) is 15.8. The van der Waals surface area contributed by atoms with Gasteiger partial charge in [0.05, 0.1) is 12.2 Å². The lowest BCUT2D eigenvalue weighted by molar-refractivity contribution is 0.699. The second-order valence-electron chi connectivity index (χ2n) is 5.47. The molecule has 22 heavy (non-hydrogen) atoms. The van der Waals surface area contributed by atoms with E-state index in [2.05, 4.69) is 70.9 Å². The number of aryl methyl sites for hydroxylation is 1. The minimum absolute atomic E-state index is 0.427. The number of aliphatic imine (C=N–C) groups is 1. The van der Waals surface area contributed by atoms with Crippen LogP contribution in [0.5, 0.6) is 0 Å². The second kappa shape index (κ2) is 8.22. The van der Waals surface area contributed by atoms with Gasteiger partial charge in [0.25, 0.3) is 0 Å². The fourth-order valence-electron chi connectivity index (χ4n) is 2.14. The van der Waals surface area contributed by atoms with E-state index in [1.807, 2.05) is 6.07 Å². The van der Waals surface area contributed by atoms with Gasteiger partial charge in [-0.25, -0.2) is 4.99 Å². The van der Waals surface area contributed by atoms with Crippen LogP contribution in [-0.4, -0.2) is 29.2 Å². The minimum Gasteiger partial charge on any atom is -0.357 e. The Bertz CT molecular complexity index is 572. The molecule has 0 saturated heterocycles. The molecule has 1 atom stereocenters. The van der Waals surface area contributed by atoms with Crippen LogP contribution in [0.25, 0.3) is 0 Å². The Balaban J connectivity index is 1.90. The fraction of sp³-hybridized carbons (Fsp3) is 0.412. The average molecular weight is 299 g/mol. The van der Waals surface area contributed by atoms with Crippen molar-refractivity contribution in [2.24, 2.45) is 4.99 Å². The van der Waals surface area contributed by atoms with Crippen LogP contribution in [0.15, 0.2) is 41.5 Å². The van der Waals surface area contributed by atoms with Gasteiger partial charge >= 0.3 is 0 Å². The zero-order valence-corrected chi connectivity index (χ0v) is 13.6. The molecule has 1 aromatic carbocycles. The fourth-order valence-corrected chi connectivity index (χ4v) is 2.14. The maximum Gasteiger partial charge on any atom is 0.191 e. The van der Waals surface area contributed by atoms with Gasteiger partial charge in [-0.3, -0.25) is 5.10 Å². The van der Waals surface area contributed by atoms with Gasteiger partial charge in [-0.05, 0) is 31.4 Å². The Kier molecular flexibility index (Phi) is 6.01. The standard InChI is InChI=1S/C17H25N5/c1-4-18-17(20-12-16-9-10-21-22-16)19-11-14(3)15-7-5-13(2)6-8-15/h5-10,14H,4,11-12H2,1-3H3,(H,21,22)(H2,18,19,20). The number of nitrogens with one attached hydrogen (secondary N) is 3. The zero-order valence-electron chi connectivity index (χ0n) is 13.6. The Hall–Kier alpha value is -2.30. The minimum atomic E-state index is 0.427.